The molecule has 0 saturated carbocycles. The Morgan fingerprint density at radius 2 is 1.94 bits per heavy atom. The van der Waals surface area contributed by atoms with E-state index in [0.717, 1.165) is 13.1 Å². The van der Waals surface area contributed by atoms with E-state index >= 15 is 0 Å². The van der Waals surface area contributed by atoms with Crippen molar-refractivity contribution in [1.82, 2.24) is 5.32 Å². The predicted octanol–water partition coefficient (Wildman–Crippen LogP) is 4.77. The minimum absolute atomic E-state index is 0.964. The number of halogens is 1. The van der Waals surface area contributed by atoms with Gasteiger partial charge in [0, 0.05) is 11.0 Å². The maximum atomic E-state index is 3.62. The molecule has 0 spiro atoms. The zero-order valence-corrected chi connectivity index (χ0v) is 13.9. The van der Waals surface area contributed by atoms with Crippen LogP contribution in [0.15, 0.2) is 22.7 Å². The number of hydrogen-bond donors (Lipinski definition) is 1. The molecule has 0 radical (unpaired) electrons. The average Bonchev–Trinajstić information content (AvgIpc) is 2.35. The standard InChI is InChI=1S/C15H24BrNS/c1-13-7-8-14(15(16)11-13)12-17-9-5-3-4-6-10-18-2/h7-8,11,17H,3-6,9-10,12H2,1-2H3. The maximum absolute atomic E-state index is 3.62. The van der Waals surface area contributed by atoms with Crippen LogP contribution in [0.25, 0.3) is 0 Å². The van der Waals surface area contributed by atoms with E-state index in [9.17, 15) is 0 Å². The molecule has 0 heterocycles. The smallest absolute Gasteiger partial charge is 0.0222 e. The Kier molecular flexibility index (Phi) is 8.82. The van der Waals surface area contributed by atoms with E-state index in [0.29, 0.717) is 0 Å². The number of benzene rings is 1. The van der Waals surface area contributed by atoms with Crippen molar-refractivity contribution >= 4 is 27.7 Å². The summed E-state index contributed by atoms with van der Waals surface area (Å²) in [5, 5.41) is 3.52. The molecule has 0 saturated heterocycles. The Hall–Kier alpha value is 0.01000. The molecule has 0 aliphatic heterocycles. The van der Waals surface area contributed by atoms with Gasteiger partial charge < -0.3 is 5.32 Å². The Morgan fingerprint density at radius 3 is 2.67 bits per heavy atom. The number of hydrogen-bond acceptors (Lipinski definition) is 2. The van der Waals surface area contributed by atoms with Crippen LogP contribution in [0, 0.1) is 6.92 Å². The van der Waals surface area contributed by atoms with Gasteiger partial charge in [-0.1, -0.05) is 40.9 Å². The molecular formula is C15H24BrNS. The molecule has 1 aromatic carbocycles. The molecule has 0 aliphatic carbocycles. The van der Waals surface area contributed by atoms with E-state index in [1.807, 2.05) is 11.8 Å². The fourth-order valence-electron chi connectivity index (χ4n) is 1.87. The maximum Gasteiger partial charge on any atom is 0.0222 e. The van der Waals surface area contributed by atoms with Gasteiger partial charge in [0.05, 0.1) is 0 Å². The van der Waals surface area contributed by atoms with Gasteiger partial charge in [-0.15, -0.1) is 0 Å². The molecule has 1 N–H and O–H groups in total. The van der Waals surface area contributed by atoms with E-state index in [1.54, 1.807) is 0 Å². The molecule has 0 amide bonds. The Morgan fingerprint density at radius 1 is 1.17 bits per heavy atom. The van der Waals surface area contributed by atoms with Crippen molar-refractivity contribution < 1.29 is 0 Å². The van der Waals surface area contributed by atoms with E-state index < -0.39 is 0 Å². The molecule has 0 aromatic heterocycles. The van der Waals surface area contributed by atoms with Crippen molar-refractivity contribution in [2.75, 3.05) is 18.6 Å². The molecular weight excluding hydrogens is 306 g/mol. The monoisotopic (exact) mass is 329 g/mol. The minimum Gasteiger partial charge on any atom is -0.313 e. The average molecular weight is 330 g/mol. The topological polar surface area (TPSA) is 12.0 Å². The van der Waals surface area contributed by atoms with Crippen molar-refractivity contribution in [3.05, 3.63) is 33.8 Å². The van der Waals surface area contributed by atoms with Gasteiger partial charge in [-0.25, -0.2) is 0 Å². The Bertz CT molecular complexity index is 341. The molecule has 0 unspecified atom stereocenters. The van der Waals surface area contributed by atoms with Gasteiger partial charge >= 0.3 is 0 Å². The van der Waals surface area contributed by atoms with Gasteiger partial charge in [0.15, 0.2) is 0 Å². The quantitative estimate of drug-likeness (QED) is 0.655. The highest BCUT2D eigenvalue weighted by Crippen LogP contribution is 2.18. The summed E-state index contributed by atoms with van der Waals surface area (Å²) in [6.07, 6.45) is 7.56. The second-order valence-corrected chi connectivity index (χ2v) is 6.52. The second-order valence-electron chi connectivity index (χ2n) is 4.68. The fraction of sp³-hybridized carbons (Fsp3) is 0.600. The summed E-state index contributed by atoms with van der Waals surface area (Å²) < 4.78 is 1.22. The zero-order chi connectivity index (χ0) is 13.2. The normalized spacial score (nSPS) is 10.8. The van der Waals surface area contributed by atoms with Crippen LogP contribution >= 0.6 is 27.7 Å². The van der Waals surface area contributed by atoms with Gasteiger partial charge in [0.25, 0.3) is 0 Å². The van der Waals surface area contributed by atoms with Crippen LogP contribution in [0.5, 0.6) is 0 Å². The number of nitrogens with one attached hydrogen (secondary N) is 1. The van der Waals surface area contributed by atoms with E-state index in [2.05, 4.69) is 52.6 Å². The molecule has 1 nitrogen and oxygen atoms in total. The Balaban J connectivity index is 2.07. The molecule has 1 aromatic rings. The molecule has 0 fully saturated rings. The molecule has 0 atom stereocenters. The lowest BCUT2D eigenvalue weighted by Crippen LogP contribution is -2.15. The molecule has 0 bridgehead atoms. The van der Waals surface area contributed by atoms with Crippen LogP contribution in [0.2, 0.25) is 0 Å². The molecule has 18 heavy (non-hydrogen) atoms. The molecule has 3 heteroatoms. The number of unbranched alkanes of at least 4 members (excludes halogenated alkanes) is 3. The highest BCUT2D eigenvalue weighted by molar-refractivity contribution is 9.10. The van der Waals surface area contributed by atoms with E-state index in [4.69, 9.17) is 0 Å². The van der Waals surface area contributed by atoms with Crippen LogP contribution in [0.1, 0.15) is 36.8 Å². The number of thioether (sulfide) groups is 1. The van der Waals surface area contributed by atoms with Crippen molar-refractivity contribution in [1.29, 1.82) is 0 Å². The first-order chi connectivity index (χ1) is 8.74. The first kappa shape index (κ1) is 16.1. The summed E-state index contributed by atoms with van der Waals surface area (Å²) in [6, 6.07) is 6.55. The summed E-state index contributed by atoms with van der Waals surface area (Å²) in [4.78, 5) is 0. The van der Waals surface area contributed by atoms with Crippen LogP contribution < -0.4 is 5.32 Å². The van der Waals surface area contributed by atoms with Gasteiger partial charge in [0.1, 0.15) is 0 Å². The summed E-state index contributed by atoms with van der Waals surface area (Å²) in [7, 11) is 0. The largest absolute Gasteiger partial charge is 0.313 e. The third-order valence-corrected chi connectivity index (χ3v) is 4.41. The van der Waals surface area contributed by atoms with Gasteiger partial charge in [-0.05, 0) is 55.5 Å². The lowest BCUT2D eigenvalue weighted by Gasteiger charge is -2.07. The van der Waals surface area contributed by atoms with Crippen LogP contribution in [-0.4, -0.2) is 18.6 Å². The summed E-state index contributed by atoms with van der Waals surface area (Å²) >= 11 is 5.57. The first-order valence-corrected chi connectivity index (χ1v) is 8.87. The SMILES string of the molecule is CSCCCCCCNCc1ccc(C)cc1Br. The van der Waals surface area contributed by atoms with Crippen LogP contribution in [-0.2, 0) is 6.54 Å². The predicted molar refractivity (Wildman–Crippen MR) is 87.4 cm³/mol. The van der Waals surface area contributed by atoms with Crippen molar-refractivity contribution in [2.45, 2.75) is 39.2 Å². The highest BCUT2D eigenvalue weighted by atomic mass is 79.9. The number of aryl methyl sites for hydroxylation is 1. The van der Waals surface area contributed by atoms with Crippen molar-refractivity contribution in [2.24, 2.45) is 0 Å². The lowest BCUT2D eigenvalue weighted by molar-refractivity contribution is 0.599. The van der Waals surface area contributed by atoms with Crippen LogP contribution in [0.4, 0.5) is 0 Å². The summed E-state index contributed by atoms with van der Waals surface area (Å²) in [5.74, 6) is 1.31. The fourth-order valence-corrected chi connectivity index (χ4v) is 2.99. The van der Waals surface area contributed by atoms with Gasteiger partial charge in [-0.2, -0.15) is 11.8 Å². The van der Waals surface area contributed by atoms with E-state index in [1.165, 1.54) is 47.0 Å². The Labute approximate surface area is 124 Å². The van der Waals surface area contributed by atoms with Crippen molar-refractivity contribution in [3.63, 3.8) is 0 Å². The molecule has 102 valence electrons. The summed E-state index contributed by atoms with van der Waals surface area (Å²) in [6.45, 7) is 4.21. The molecule has 0 aliphatic rings. The summed E-state index contributed by atoms with van der Waals surface area (Å²) in [5.41, 5.74) is 2.66. The van der Waals surface area contributed by atoms with Crippen LogP contribution in [0.3, 0.4) is 0 Å². The number of rotatable bonds is 9. The first-order valence-electron chi connectivity index (χ1n) is 6.68. The third-order valence-electron chi connectivity index (χ3n) is 2.98. The second kappa shape index (κ2) is 9.88. The van der Waals surface area contributed by atoms with Crippen molar-refractivity contribution in [3.8, 4) is 0 Å². The van der Waals surface area contributed by atoms with E-state index in [-0.39, 0.29) is 0 Å². The zero-order valence-electron chi connectivity index (χ0n) is 11.5. The van der Waals surface area contributed by atoms with Gasteiger partial charge in [-0.3, -0.25) is 0 Å². The highest BCUT2D eigenvalue weighted by Gasteiger charge is 1.99. The minimum atomic E-state index is 0.964. The third kappa shape index (κ3) is 6.81. The van der Waals surface area contributed by atoms with Gasteiger partial charge in [0.2, 0.25) is 0 Å². The molecule has 1 rings (SSSR count). The lowest BCUT2D eigenvalue weighted by atomic mass is 10.1.